The first-order chi connectivity index (χ1) is 10.9. The van der Waals surface area contributed by atoms with E-state index >= 15 is 0 Å². The maximum absolute atomic E-state index is 12.7. The number of carbonyl (C=O) groups is 1. The number of hydrogen-bond donors (Lipinski definition) is 0. The van der Waals surface area contributed by atoms with Crippen LogP contribution in [-0.4, -0.2) is 65.1 Å². The number of halogens is 3. The molecule has 6 nitrogen and oxygen atoms in total. The van der Waals surface area contributed by atoms with Gasteiger partial charge in [-0.2, -0.15) is 13.2 Å². The molecule has 0 N–H and O–H groups in total. The van der Waals surface area contributed by atoms with Crippen LogP contribution in [0, 0.1) is 0 Å². The SMILES string of the molecule is CN1CCN(C2CCN(c3nccc(C(F)(F)F)n3)CC2)C1=O. The molecule has 3 heterocycles. The van der Waals surface area contributed by atoms with Crippen molar-refractivity contribution in [2.45, 2.75) is 25.1 Å². The van der Waals surface area contributed by atoms with Crippen LogP contribution in [-0.2, 0) is 6.18 Å². The van der Waals surface area contributed by atoms with Gasteiger partial charge in [-0.05, 0) is 18.9 Å². The molecule has 2 saturated heterocycles. The van der Waals surface area contributed by atoms with Crippen LogP contribution in [0.2, 0.25) is 0 Å². The number of nitrogens with zero attached hydrogens (tertiary/aromatic N) is 5. The van der Waals surface area contributed by atoms with Gasteiger partial charge in [0.2, 0.25) is 5.95 Å². The zero-order valence-corrected chi connectivity index (χ0v) is 12.8. The molecule has 2 fully saturated rings. The molecular formula is C14H18F3N5O. The predicted octanol–water partition coefficient (Wildman–Crippen LogP) is 1.83. The van der Waals surface area contributed by atoms with Crippen LogP contribution in [0.1, 0.15) is 18.5 Å². The van der Waals surface area contributed by atoms with E-state index in [-0.39, 0.29) is 18.0 Å². The van der Waals surface area contributed by atoms with E-state index in [1.807, 2.05) is 4.90 Å². The fourth-order valence-corrected chi connectivity index (χ4v) is 3.04. The lowest BCUT2D eigenvalue weighted by molar-refractivity contribution is -0.141. The Kier molecular flexibility index (Phi) is 4.03. The number of carbonyl (C=O) groups excluding carboxylic acids is 1. The van der Waals surface area contributed by atoms with E-state index < -0.39 is 11.9 Å². The first kappa shape index (κ1) is 15.8. The maximum atomic E-state index is 12.7. The van der Waals surface area contributed by atoms with Crippen molar-refractivity contribution in [2.24, 2.45) is 0 Å². The molecule has 126 valence electrons. The highest BCUT2D eigenvalue weighted by Gasteiger charge is 2.35. The topological polar surface area (TPSA) is 52.6 Å². The molecular weight excluding hydrogens is 311 g/mol. The Morgan fingerprint density at radius 2 is 1.87 bits per heavy atom. The summed E-state index contributed by atoms with van der Waals surface area (Å²) in [4.78, 5) is 24.9. The third kappa shape index (κ3) is 3.18. The Labute approximate surface area is 131 Å². The summed E-state index contributed by atoms with van der Waals surface area (Å²) in [5.41, 5.74) is -0.930. The Morgan fingerprint density at radius 3 is 2.43 bits per heavy atom. The number of alkyl halides is 3. The minimum Gasteiger partial charge on any atom is -0.341 e. The molecule has 2 aliphatic heterocycles. The van der Waals surface area contributed by atoms with Crippen LogP contribution in [0.5, 0.6) is 0 Å². The van der Waals surface area contributed by atoms with Crippen LogP contribution in [0.4, 0.5) is 23.9 Å². The summed E-state index contributed by atoms with van der Waals surface area (Å²) >= 11 is 0. The van der Waals surface area contributed by atoms with Gasteiger partial charge >= 0.3 is 12.2 Å². The summed E-state index contributed by atoms with van der Waals surface area (Å²) in [7, 11) is 1.77. The molecule has 2 aliphatic rings. The minimum atomic E-state index is -4.47. The van der Waals surface area contributed by atoms with Crippen molar-refractivity contribution in [1.29, 1.82) is 0 Å². The van der Waals surface area contributed by atoms with Crippen LogP contribution in [0.25, 0.3) is 0 Å². The van der Waals surface area contributed by atoms with Gasteiger partial charge in [0.05, 0.1) is 0 Å². The summed E-state index contributed by atoms with van der Waals surface area (Å²) in [6.45, 7) is 2.51. The molecule has 23 heavy (non-hydrogen) atoms. The van der Waals surface area contributed by atoms with E-state index in [0.29, 0.717) is 32.5 Å². The first-order valence-electron chi connectivity index (χ1n) is 7.53. The number of hydrogen-bond acceptors (Lipinski definition) is 4. The van der Waals surface area contributed by atoms with Crippen molar-refractivity contribution < 1.29 is 18.0 Å². The number of amides is 2. The number of aromatic nitrogens is 2. The molecule has 0 saturated carbocycles. The van der Waals surface area contributed by atoms with Crippen molar-refractivity contribution >= 4 is 12.0 Å². The number of urea groups is 1. The largest absolute Gasteiger partial charge is 0.433 e. The Morgan fingerprint density at radius 1 is 1.17 bits per heavy atom. The summed E-state index contributed by atoms with van der Waals surface area (Å²) in [6.07, 6.45) is -1.92. The van der Waals surface area contributed by atoms with E-state index in [0.717, 1.165) is 18.8 Å². The molecule has 0 aromatic carbocycles. The van der Waals surface area contributed by atoms with Crippen LogP contribution >= 0.6 is 0 Å². The van der Waals surface area contributed by atoms with Gasteiger partial charge in [-0.1, -0.05) is 0 Å². The number of likely N-dealkylation sites (N-methyl/N-ethyl adjacent to an activating group) is 1. The second-order valence-electron chi connectivity index (χ2n) is 5.86. The van der Waals surface area contributed by atoms with Gasteiger partial charge in [-0.25, -0.2) is 14.8 Å². The average Bonchev–Trinajstić information content (AvgIpc) is 2.86. The number of piperidine rings is 1. The van der Waals surface area contributed by atoms with Gasteiger partial charge in [-0.15, -0.1) is 0 Å². The number of rotatable bonds is 2. The molecule has 0 spiro atoms. The lowest BCUT2D eigenvalue weighted by atomic mass is 10.0. The smallest absolute Gasteiger partial charge is 0.341 e. The molecule has 1 aromatic rings. The lowest BCUT2D eigenvalue weighted by Gasteiger charge is -2.36. The third-order valence-corrected chi connectivity index (χ3v) is 4.37. The van der Waals surface area contributed by atoms with Gasteiger partial charge in [0.1, 0.15) is 5.69 Å². The molecule has 9 heteroatoms. The summed E-state index contributed by atoms with van der Waals surface area (Å²) in [5.74, 6) is 0.100. The highest BCUT2D eigenvalue weighted by atomic mass is 19.4. The highest BCUT2D eigenvalue weighted by Crippen LogP contribution is 2.29. The lowest BCUT2D eigenvalue weighted by Crippen LogP contribution is -2.46. The van der Waals surface area contributed by atoms with Gasteiger partial charge in [0, 0.05) is 45.5 Å². The van der Waals surface area contributed by atoms with Gasteiger partial charge in [0.15, 0.2) is 0 Å². The van der Waals surface area contributed by atoms with Crippen LogP contribution in [0.15, 0.2) is 12.3 Å². The summed E-state index contributed by atoms with van der Waals surface area (Å²) in [6, 6.07) is 1.03. The van der Waals surface area contributed by atoms with Gasteiger partial charge in [0.25, 0.3) is 0 Å². The Bertz CT molecular complexity index is 586. The molecule has 3 rings (SSSR count). The molecule has 1 aromatic heterocycles. The van der Waals surface area contributed by atoms with Crippen molar-refractivity contribution in [3.63, 3.8) is 0 Å². The highest BCUT2D eigenvalue weighted by molar-refractivity contribution is 5.76. The predicted molar refractivity (Wildman–Crippen MR) is 77.0 cm³/mol. The summed E-state index contributed by atoms with van der Waals surface area (Å²) < 4.78 is 38.2. The van der Waals surface area contributed by atoms with E-state index in [9.17, 15) is 18.0 Å². The average molecular weight is 329 g/mol. The molecule has 0 atom stereocenters. The zero-order valence-electron chi connectivity index (χ0n) is 12.8. The zero-order chi connectivity index (χ0) is 16.6. The monoisotopic (exact) mass is 329 g/mol. The second-order valence-corrected chi connectivity index (χ2v) is 5.86. The quantitative estimate of drug-likeness (QED) is 0.831. The minimum absolute atomic E-state index is 0.0266. The fraction of sp³-hybridized carbons (Fsp3) is 0.643. The maximum Gasteiger partial charge on any atom is 0.433 e. The van der Waals surface area contributed by atoms with E-state index in [1.54, 1.807) is 16.8 Å². The van der Waals surface area contributed by atoms with Gasteiger partial charge < -0.3 is 14.7 Å². The van der Waals surface area contributed by atoms with E-state index in [4.69, 9.17) is 0 Å². The summed E-state index contributed by atoms with van der Waals surface area (Å²) in [5, 5.41) is 0. The number of anilines is 1. The van der Waals surface area contributed by atoms with E-state index in [2.05, 4.69) is 9.97 Å². The fourth-order valence-electron chi connectivity index (χ4n) is 3.04. The van der Waals surface area contributed by atoms with E-state index in [1.165, 1.54) is 0 Å². The molecule has 0 unspecified atom stereocenters. The Hall–Kier alpha value is -2.06. The van der Waals surface area contributed by atoms with Crippen molar-refractivity contribution in [3.8, 4) is 0 Å². The molecule has 0 bridgehead atoms. The molecule has 0 aliphatic carbocycles. The normalized spacial score (nSPS) is 20.5. The Balaban J connectivity index is 1.64. The van der Waals surface area contributed by atoms with Crippen molar-refractivity contribution in [3.05, 3.63) is 18.0 Å². The second kappa shape index (κ2) is 5.86. The molecule has 0 radical (unpaired) electrons. The third-order valence-electron chi connectivity index (χ3n) is 4.37. The van der Waals surface area contributed by atoms with Crippen molar-refractivity contribution in [1.82, 2.24) is 19.8 Å². The van der Waals surface area contributed by atoms with Gasteiger partial charge in [-0.3, -0.25) is 0 Å². The standard InChI is InChI=1S/C14H18F3N5O/c1-20-8-9-22(13(20)23)10-3-6-21(7-4-10)12-18-5-2-11(19-12)14(15,16)17/h2,5,10H,3-4,6-9H2,1H3. The van der Waals surface area contributed by atoms with Crippen molar-refractivity contribution in [2.75, 3.05) is 38.1 Å². The molecule has 2 amide bonds. The van der Waals surface area contributed by atoms with Crippen LogP contribution < -0.4 is 4.90 Å². The first-order valence-corrected chi connectivity index (χ1v) is 7.53. The van der Waals surface area contributed by atoms with Crippen LogP contribution in [0.3, 0.4) is 0 Å².